The number of nitrogens with one attached hydrogen (secondary N) is 1. The minimum Gasteiger partial charge on any atom is -0.393 e. The quantitative estimate of drug-likeness (QED) is 0.777. The monoisotopic (exact) mass is 280 g/mol. The van der Waals surface area contributed by atoms with Crippen LogP contribution in [-0.4, -0.2) is 16.4 Å². The van der Waals surface area contributed by atoms with Gasteiger partial charge in [0, 0.05) is 5.54 Å². The summed E-state index contributed by atoms with van der Waals surface area (Å²) in [4.78, 5) is 12.8. The van der Waals surface area contributed by atoms with E-state index in [9.17, 15) is 4.79 Å². The summed E-state index contributed by atoms with van der Waals surface area (Å²) in [6.07, 6.45) is 8.41. The predicted octanol–water partition coefficient (Wildman–Crippen LogP) is 2.38. The number of rotatable bonds is 4. The summed E-state index contributed by atoms with van der Waals surface area (Å²) in [7, 11) is 0. The SMILES string of the molecule is CCC(C(=O)NC12CC3CC(CC(C3)C1)C2)C(N)=S. The normalized spacial score (nSPS) is 41.0. The molecule has 1 atom stereocenters. The third-order valence-electron chi connectivity index (χ3n) is 5.49. The lowest BCUT2D eigenvalue weighted by atomic mass is 9.53. The first kappa shape index (κ1) is 13.3. The summed E-state index contributed by atoms with van der Waals surface area (Å²) in [5.74, 6) is 2.31. The average Bonchev–Trinajstić information content (AvgIpc) is 2.25. The van der Waals surface area contributed by atoms with Crippen LogP contribution in [-0.2, 0) is 4.79 Å². The zero-order valence-corrected chi connectivity index (χ0v) is 12.5. The first-order valence-corrected chi connectivity index (χ1v) is 8.03. The fourth-order valence-electron chi connectivity index (χ4n) is 5.13. The van der Waals surface area contributed by atoms with Crippen molar-refractivity contribution in [2.75, 3.05) is 0 Å². The van der Waals surface area contributed by atoms with Gasteiger partial charge in [0.25, 0.3) is 0 Å². The van der Waals surface area contributed by atoms with E-state index in [0.29, 0.717) is 11.4 Å². The molecule has 0 heterocycles. The number of carbonyl (C=O) groups is 1. The van der Waals surface area contributed by atoms with Crippen molar-refractivity contribution in [1.82, 2.24) is 5.32 Å². The lowest BCUT2D eigenvalue weighted by molar-refractivity contribution is -0.128. The number of carbonyl (C=O) groups excluding carboxylic acids is 1. The maximum absolute atomic E-state index is 12.4. The van der Waals surface area contributed by atoms with E-state index in [0.717, 1.165) is 17.8 Å². The molecule has 106 valence electrons. The molecule has 0 saturated heterocycles. The lowest BCUT2D eigenvalue weighted by Crippen LogP contribution is -2.61. The second-order valence-corrected chi connectivity index (χ2v) is 7.52. The van der Waals surface area contributed by atoms with Crippen LogP contribution in [0.1, 0.15) is 51.9 Å². The van der Waals surface area contributed by atoms with E-state index in [1.54, 1.807) is 0 Å². The molecule has 4 fully saturated rings. The summed E-state index contributed by atoms with van der Waals surface area (Å²) in [5.41, 5.74) is 5.76. The van der Waals surface area contributed by atoms with Gasteiger partial charge in [0.05, 0.1) is 10.9 Å². The minimum atomic E-state index is -0.289. The molecule has 4 rings (SSSR count). The van der Waals surface area contributed by atoms with Gasteiger partial charge >= 0.3 is 0 Å². The molecule has 0 aromatic heterocycles. The van der Waals surface area contributed by atoms with Crippen molar-refractivity contribution >= 4 is 23.1 Å². The largest absolute Gasteiger partial charge is 0.393 e. The Bertz CT molecular complexity index is 372. The van der Waals surface area contributed by atoms with Crippen LogP contribution in [0.3, 0.4) is 0 Å². The Balaban J connectivity index is 1.72. The van der Waals surface area contributed by atoms with E-state index in [1.165, 1.54) is 38.5 Å². The maximum atomic E-state index is 12.4. The molecule has 0 aromatic carbocycles. The molecule has 4 saturated carbocycles. The van der Waals surface area contributed by atoms with Gasteiger partial charge in [-0.05, 0) is 62.7 Å². The van der Waals surface area contributed by atoms with Gasteiger partial charge in [-0.2, -0.15) is 0 Å². The van der Waals surface area contributed by atoms with Gasteiger partial charge in [0.15, 0.2) is 0 Å². The maximum Gasteiger partial charge on any atom is 0.230 e. The Morgan fingerprint density at radius 1 is 1.26 bits per heavy atom. The highest BCUT2D eigenvalue weighted by molar-refractivity contribution is 7.80. The van der Waals surface area contributed by atoms with Gasteiger partial charge in [-0.25, -0.2) is 0 Å². The summed E-state index contributed by atoms with van der Waals surface area (Å²) in [6.45, 7) is 1.98. The van der Waals surface area contributed by atoms with Gasteiger partial charge in [0.2, 0.25) is 5.91 Å². The summed E-state index contributed by atoms with van der Waals surface area (Å²) < 4.78 is 0. The van der Waals surface area contributed by atoms with Crippen molar-refractivity contribution in [2.45, 2.75) is 57.4 Å². The first-order valence-electron chi connectivity index (χ1n) is 7.62. The van der Waals surface area contributed by atoms with Crippen LogP contribution < -0.4 is 11.1 Å². The fourth-order valence-corrected chi connectivity index (χ4v) is 5.40. The molecule has 0 spiro atoms. The summed E-state index contributed by atoms with van der Waals surface area (Å²) in [5, 5.41) is 3.35. The highest BCUT2D eigenvalue weighted by Crippen LogP contribution is 2.55. The van der Waals surface area contributed by atoms with Gasteiger partial charge in [-0.1, -0.05) is 19.1 Å². The summed E-state index contributed by atoms with van der Waals surface area (Å²) in [6, 6.07) is 0. The van der Waals surface area contributed by atoms with Crippen LogP contribution in [0.5, 0.6) is 0 Å². The Labute approximate surface area is 120 Å². The number of amides is 1. The zero-order valence-electron chi connectivity index (χ0n) is 11.7. The van der Waals surface area contributed by atoms with E-state index in [1.807, 2.05) is 6.92 Å². The van der Waals surface area contributed by atoms with Gasteiger partial charge in [0.1, 0.15) is 0 Å². The molecule has 19 heavy (non-hydrogen) atoms. The zero-order chi connectivity index (χ0) is 13.6. The van der Waals surface area contributed by atoms with Crippen molar-refractivity contribution in [3.05, 3.63) is 0 Å². The lowest BCUT2D eigenvalue weighted by Gasteiger charge is -2.57. The molecule has 4 aliphatic rings. The molecule has 0 aromatic rings. The Kier molecular flexibility index (Phi) is 3.32. The first-order chi connectivity index (χ1) is 9.01. The standard InChI is InChI=1S/C15H24N2OS/c1-2-12(13(16)19)14(18)17-15-6-9-3-10(7-15)5-11(4-9)8-15/h9-12H,2-8H2,1H3,(H2,16,19)(H,17,18). The van der Waals surface area contributed by atoms with Crippen LogP contribution in [0, 0.1) is 23.7 Å². The van der Waals surface area contributed by atoms with E-state index in [2.05, 4.69) is 5.32 Å². The van der Waals surface area contributed by atoms with E-state index in [-0.39, 0.29) is 17.4 Å². The highest BCUT2D eigenvalue weighted by Gasteiger charge is 2.51. The molecule has 1 amide bonds. The van der Waals surface area contributed by atoms with Gasteiger partial charge in [-0.3, -0.25) is 4.79 Å². The van der Waals surface area contributed by atoms with Gasteiger partial charge in [-0.15, -0.1) is 0 Å². The second kappa shape index (κ2) is 4.72. The highest BCUT2D eigenvalue weighted by atomic mass is 32.1. The summed E-state index contributed by atoms with van der Waals surface area (Å²) >= 11 is 5.02. The number of thiocarbonyl (C=S) groups is 1. The number of hydrogen-bond acceptors (Lipinski definition) is 2. The second-order valence-electron chi connectivity index (χ2n) is 7.05. The molecule has 4 heteroatoms. The molecule has 3 nitrogen and oxygen atoms in total. The molecule has 4 bridgehead atoms. The average molecular weight is 280 g/mol. The third kappa shape index (κ3) is 2.39. The molecule has 4 aliphatic carbocycles. The topological polar surface area (TPSA) is 55.1 Å². The fraction of sp³-hybridized carbons (Fsp3) is 0.867. The van der Waals surface area contributed by atoms with E-state index in [4.69, 9.17) is 18.0 Å². The van der Waals surface area contributed by atoms with Crippen LogP contribution >= 0.6 is 12.2 Å². The van der Waals surface area contributed by atoms with Crippen LogP contribution in [0.2, 0.25) is 0 Å². The minimum absolute atomic E-state index is 0.0666. The van der Waals surface area contributed by atoms with Crippen molar-refractivity contribution in [3.8, 4) is 0 Å². The van der Waals surface area contributed by atoms with Crippen molar-refractivity contribution in [3.63, 3.8) is 0 Å². The molecular weight excluding hydrogens is 256 g/mol. The third-order valence-corrected chi connectivity index (χ3v) is 5.78. The molecule has 0 radical (unpaired) electrons. The Morgan fingerprint density at radius 3 is 2.11 bits per heavy atom. The molecular formula is C15H24N2OS. The van der Waals surface area contributed by atoms with E-state index >= 15 is 0 Å². The van der Waals surface area contributed by atoms with Crippen LogP contribution in [0.25, 0.3) is 0 Å². The predicted molar refractivity (Wildman–Crippen MR) is 79.6 cm³/mol. The molecule has 1 unspecified atom stereocenters. The number of nitrogens with two attached hydrogens (primary N) is 1. The Hall–Kier alpha value is -0.640. The van der Waals surface area contributed by atoms with Crippen LogP contribution in [0.4, 0.5) is 0 Å². The van der Waals surface area contributed by atoms with Gasteiger partial charge < -0.3 is 11.1 Å². The van der Waals surface area contributed by atoms with E-state index < -0.39 is 0 Å². The molecule has 3 N–H and O–H groups in total. The van der Waals surface area contributed by atoms with Crippen molar-refractivity contribution < 1.29 is 4.79 Å². The Morgan fingerprint density at radius 2 is 1.74 bits per heavy atom. The van der Waals surface area contributed by atoms with Crippen molar-refractivity contribution in [2.24, 2.45) is 29.4 Å². The van der Waals surface area contributed by atoms with Crippen molar-refractivity contribution in [1.29, 1.82) is 0 Å². The molecule has 0 aliphatic heterocycles. The number of hydrogen-bond donors (Lipinski definition) is 2. The smallest absolute Gasteiger partial charge is 0.230 e. The van der Waals surface area contributed by atoms with Crippen LogP contribution in [0.15, 0.2) is 0 Å².